The van der Waals surface area contributed by atoms with Gasteiger partial charge in [0.2, 0.25) is 0 Å². The zero-order chi connectivity index (χ0) is 34.1. The molecule has 1 radical (unpaired) electrons. The van der Waals surface area contributed by atoms with Gasteiger partial charge in [-0.1, -0.05) is 91.5 Å². The zero-order valence-electron chi connectivity index (χ0n) is 29.2. The predicted octanol–water partition coefficient (Wildman–Crippen LogP) is 12.5. The van der Waals surface area contributed by atoms with Gasteiger partial charge in [-0.2, -0.15) is 0 Å². The van der Waals surface area contributed by atoms with Crippen molar-refractivity contribution in [2.24, 2.45) is 5.41 Å². The summed E-state index contributed by atoms with van der Waals surface area (Å²) in [7, 11) is 0. The first-order chi connectivity index (χ1) is 24.4. The van der Waals surface area contributed by atoms with Crippen LogP contribution in [0.25, 0.3) is 66.4 Å². The monoisotopic (exact) mass is 828 g/mol. The maximum absolute atomic E-state index is 9.10. The smallest absolute Gasteiger partial charge is 0.121 e. The van der Waals surface area contributed by atoms with Gasteiger partial charge in [0.05, 0.1) is 5.58 Å². The van der Waals surface area contributed by atoms with E-state index in [0.29, 0.717) is 5.41 Å². The van der Waals surface area contributed by atoms with E-state index in [-0.39, 0.29) is 20.1 Å². The minimum Gasteiger partial charge on any atom is -0.501 e. The molecular weight excluding hydrogens is 789 g/mol. The Morgan fingerprint density at radius 2 is 1.42 bits per heavy atom. The SMILES string of the molecule is [2H]C1(c2ccc(-c3ccnc(-c4[c-]ccc5c4oc4cc6ccccc6cc45)c3)cc2)CCC(C)(C)CC1.[Ir].[c-]1ccccc1-c1ccccn1. The van der Waals surface area contributed by atoms with Crippen molar-refractivity contribution in [2.45, 2.75) is 45.4 Å². The average molecular weight is 828 g/mol. The van der Waals surface area contributed by atoms with Gasteiger partial charge < -0.3 is 14.4 Å². The molecule has 4 heteroatoms. The molecule has 1 fully saturated rings. The van der Waals surface area contributed by atoms with Crippen LogP contribution < -0.4 is 0 Å². The molecule has 1 saturated carbocycles. The largest absolute Gasteiger partial charge is 0.501 e. The Kier molecular flexibility index (Phi) is 9.39. The summed E-state index contributed by atoms with van der Waals surface area (Å²) < 4.78 is 15.5. The number of benzene rings is 5. The number of pyridine rings is 2. The van der Waals surface area contributed by atoms with E-state index in [4.69, 9.17) is 10.8 Å². The van der Waals surface area contributed by atoms with Crippen molar-refractivity contribution >= 4 is 32.7 Å². The van der Waals surface area contributed by atoms with Crippen molar-refractivity contribution in [3.63, 3.8) is 0 Å². The molecule has 0 unspecified atom stereocenters. The average Bonchev–Trinajstić information content (AvgIpc) is 3.54. The molecule has 50 heavy (non-hydrogen) atoms. The molecule has 3 nitrogen and oxygen atoms in total. The summed E-state index contributed by atoms with van der Waals surface area (Å²) in [6.45, 7) is 4.64. The van der Waals surface area contributed by atoms with E-state index >= 15 is 0 Å². The minimum absolute atomic E-state index is 0. The Morgan fingerprint density at radius 3 is 2.16 bits per heavy atom. The summed E-state index contributed by atoms with van der Waals surface area (Å²) in [5.41, 5.74) is 9.11. The van der Waals surface area contributed by atoms with Crippen LogP contribution in [0.1, 0.15) is 52.4 Å². The topological polar surface area (TPSA) is 38.9 Å². The molecule has 0 N–H and O–H groups in total. The van der Waals surface area contributed by atoms with Crippen LogP contribution in [0.15, 0.2) is 144 Å². The van der Waals surface area contributed by atoms with Crippen LogP contribution in [0.4, 0.5) is 0 Å². The fourth-order valence-electron chi connectivity index (χ4n) is 6.85. The predicted molar refractivity (Wildman–Crippen MR) is 202 cm³/mol. The van der Waals surface area contributed by atoms with Gasteiger partial charge in [-0.05, 0) is 100 Å². The number of aromatic nitrogens is 2. The second-order valence-corrected chi connectivity index (χ2v) is 13.7. The van der Waals surface area contributed by atoms with Crippen LogP contribution in [0, 0.1) is 17.5 Å². The van der Waals surface area contributed by atoms with Crippen molar-refractivity contribution in [3.05, 3.63) is 157 Å². The summed E-state index contributed by atoms with van der Waals surface area (Å²) >= 11 is 0. The van der Waals surface area contributed by atoms with Gasteiger partial charge >= 0.3 is 0 Å². The van der Waals surface area contributed by atoms with Crippen LogP contribution >= 0.6 is 0 Å². The van der Waals surface area contributed by atoms with Crippen LogP contribution in [-0.2, 0) is 20.1 Å². The fourth-order valence-corrected chi connectivity index (χ4v) is 6.85. The first kappa shape index (κ1) is 32.3. The van der Waals surface area contributed by atoms with Gasteiger partial charge in [0, 0.05) is 39.3 Å². The van der Waals surface area contributed by atoms with Crippen LogP contribution in [-0.4, -0.2) is 9.97 Å². The summed E-state index contributed by atoms with van der Waals surface area (Å²) in [5, 5.41) is 4.55. The number of rotatable bonds is 4. The molecule has 0 atom stereocenters. The molecule has 249 valence electrons. The van der Waals surface area contributed by atoms with E-state index in [9.17, 15) is 0 Å². The Labute approximate surface area is 309 Å². The Morgan fingerprint density at radius 1 is 0.680 bits per heavy atom. The number of hydrogen-bond donors (Lipinski definition) is 0. The number of furan rings is 1. The molecule has 0 saturated heterocycles. The second kappa shape index (κ2) is 14.5. The van der Waals surface area contributed by atoms with Gasteiger partial charge in [0.25, 0.3) is 0 Å². The fraction of sp³-hybridized carbons (Fsp3) is 0.174. The maximum Gasteiger partial charge on any atom is 0.121 e. The van der Waals surface area contributed by atoms with Gasteiger partial charge in [-0.3, -0.25) is 0 Å². The molecule has 3 heterocycles. The van der Waals surface area contributed by atoms with Crippen LogP contribution in [0.5, 0.6) is 0 Å². The van der Waals surface area contributed by atoms with Gasteiger partial charge in [-0.15, -0.1) is 54.1 Å². The molecule has 0 bridgehead atoms. The summed E-state index contributed by atoms with van der Waals surface area (Å²) in [4.78, 5) is 8.92. The molecule has 5 aromatic carbocycles. The number of nitrogens with zero attached hydrogens (tertiary/aromatic N) is 2. The van der Waals surface area contributed by atoms with Gasteiger partial charge in [0.15, 0.2) is 0 Å². The van der Waals surface area contributed by atoms with Crippen molar-refractivity contribution in [3.8, 4) is 33.6 Å². The van der Waals surface area contributed by atoms with E-state index in [1.54, 1.807) is 6.20 Å². The summed E-state index contributed by atoms with van der Waals surface area (Å²) in [5.74, 6) is -0.478. The molecule has 9 rings (SSSR count). The minimum atomic E-state index is -0.478. The molecule has 1 aliphatic carbocycles. The van der Waals surface area contributed by atoms with Gasteiger partial charge in [0.1, 0.15) is 5.58 Å². The van der Waals surface area contributed by atoms with Crippen LogP contribution in [0.3, 0.4) is 0 Å². The van der Waals surface area contributed by atoms with E-state index < -0.39 is 5.89 Å². The van der Waals surface area contributed by atoms with E-state index in [1.165, 1.54) is 10.8 Å². The van der Waals surface area contributed by atoms with Crippen LogP contribution in [0.2, 0.25) is 0 Å². The first-order valence-electron chi connectivity index (χ1n) is 17.6. The Bertz CT molecular complexity index is 2370. The third-order valence-corrected chi connectivity index (χ3v) is 9.80. The zero-order valence-corrected chi connectivity index (χ0v) is 30.6. The third-order valence-electron chi connectivity index (χ3n) is 9.80. The molecular formula is C46H38IrN2O-2. The van der Waals surface area contributed by atoms with Crippen molar-refractivity contribution in [1.82, 2.24) is 9.97 Å². The molecule has 0 aliphatic heterocycles. The third kappa shape index (κ3) is 7.05. The number of fused-ring (bicyclic) bond motifs is 4. The summed E-state index contributed by atoms with van der Waals surface area (Å²) in [6, 6.07) is 49.7. The molecule has 0 spiro atoms. The quantitative estimate of drug-likeness (QED) is 0.166. The standard InChI is InChI=1S/C35H30NO.C11H8N.Ir/c1-35(2)17-14-25(15-18-35)23-10-12-24(13-11-23)28-16-19-36-32(21-28)30-9-5-8-29-31-20-26-6-3-4-7-27(26)22-33(31)37-34(29)30;1-2-6-10(7-3-1)11-8-4-5-9-12-11;/h3-8,10-13,16,19-22,25H,14-15,17-18H2,1-2H3;1-6,8-9H;/q2*-1;/i25D;;. The molecule has 8 aromatic rings. The first-order valence-corrected chi connectivity index (χ1v) is 17.1. The van der Waals surface area contributed by atoms with Gasteiger partial charge in [-0.25, -0.2) is 0 Å². The molecule has 3 aromatic heterocycles. The van der Waals surface area contributed by atoms with E-state index in [1.807, 2.05) is 60.8 Å². The Hall–Kier alpha value is -4.89. The molecule has 1 aliphatic rings. The number of hydrogen-bond acceptors (Lipinski definition) is 3. The molecule has 0 amide bonds. The van der Waals surface area contributed by atoms with E-state index in [2.05, 4.69) is 104 Å². The van der Waals surface area contributed by atoms with Crippen molar-refractivity contribution in [2.75, 3.05) is 0 Å². The van der Waals surface area contributed by atoms with Crippen molar-refractivity contribution < 1.29 is 25.9 Å². The normalized spacial score (nSPS) is 15.1. The van der Waals surface area contributed by atoms with E-state index in [0.717, 1.165) is 86.8 Å². The summed E-state index contributed by atoms with van der Waals surface area (Å²) in [6.07, 6.45) is 7.70. The Balaban J connectivity index is 0.000000265. The second-order valence-electron chi connectivity index (χ2n) is 13.7. The van der Waals surface area contributed by atoms with Crippen molar-refractivity contribution in [1.29, 1.82) is 0 Å². The maximum atomic E-state index is 9.10.